The lowest BCUT2D eigenvalue weighted by atomic mass is 9.94. The number of rotatable bonds is 3. The molecular weight excluding hydrogens is 190 g/mol. The molecule has 0 heterocycles. The summed E-state index contributed by atoms with van der Waals surface area (Å²) in [7, 11) is 3.37. The molecule has 1 aliphatic rings. The van der Waals surface area contributed by atoms with Crippen LogP contribution in [0.25, 0.3) is 0 Å². The Hall–Kier alpha value is -1.06. The summed E-state index contributed by atoms with van der Waals surface area (Å²) in [6.07, 6.45) is 1.95. The zero-order valence-electron chi connectivity index (χ0n) is 9.25. The highest BCUT2D eigenvalue weighted by molar-refractivity contribution is 5.43. The van der Waals surface area contributed by atoms with Crippen LogP contribution in [0.1, 0.15) is 17.5 Å². The van der Waals surface area contributed by atoms with Crippen LogP contribution in [-0.2, 0) is 16.7 Å². The predicted molar refractivity (Wildman–Crippen MR) is 59.1 cm³/mol. The highest BCUT2D eigenvalue weighted by atomic mass is 16.5. The first kappa shape index (κ1) is 10.5. The fraction of sp³-hybridized carbons (Fsp3) is 0.500. The molecule has 0 saturated carbocycles. The summed E-state index contributed by atoms with van der Waals surface area (Å²) in [5, 5.41) is 0. The maximum absolute atomic E-state index is 6.31. The van der Waals surface area contributed by atoms with Crippen LogP contribution in [-0.4, -0.2) is 20.8 Å². The quantitative estimate of drug-likeness (QED) is 0.815. The second-order valence-electron chi connectivity index (χ2n) is 4.11. The van der Waals surface area contributed by atoms with Gasteiger partial charge in [-0.15, -0.1) is 0 Å². The van der Waals surface area contributed by atoms with Gasteiger partial charge in [-0.25, -0.2) is 0 Å². The van der Waals surface area contributed by atoms with Crippen molar-refractivity contribution in [2.24, 2.45) is 5.73 Å². The Morgan fingerprint density at radius 1 is 1.40 bits per heavy atom. The predicted octanol–water partition coefficient (Wildman–Crippen LogP) is 1.44. The Balaban J connectivity index is 2.35. The van der Waals surface area contributed by atoms with E-state index in [9.17, 15) is 0 Å². The number of aryl methyl sites for hydroxylation is 1. The Bertz CT molecular complexity index is 365. The first-order valence-corrected chi connectivity index (χ1v) is 5.15. The van der Waals surface area contributed by atoms with Crippen LogP contribution >= 0.6 is 0 Å². The van der Waals surface area contributed by atoms with E-state index >= 15 is 0 Å². The van der Waals surface area contributed by atoms with Crippen LogP contribution in [0.5, 0.6) is 5.75 Å². The van der Waals surface area contributed by atoms with Crippen LogP contribution in [0, 0.1) is 0 Å². The van der Waals surface area contributed by atoms with E-state index in [-0.39, 0.29) is 5.54 Å². The summed E-state index contributed by atoms with van der Waals surface area (Å²) in [5.41, 5.74) is 8.48. The number of benzene rings is 1. The third-order valence-corrected chi connectivity index (χ3v) is 3.09. The van der Waals surface area contributed by atoms with Gasteiger partial charge < -0.3 is 15.2 Å². The smallest absolute Gasteiger partial charge is 0.119 e. The van der Waals surface area contributed by atoms with Crippen LogP contribution in [0.15, 0.2) is 18.2 Å². The van der Waals surface area contributed by atoms with Crippen molar-refractivity contribution >= 4 is 0 Å². The first-order chi connectivity index (χ1) is 7.19. The largest absolute Gasteiger partial charge is 0.497 e. The molecule has 1 aromatic rings. The average molecular weight is 207 g/mol. The Kier molecular flexibility index (Phi) is 2.67. The van der Waals surface area contributed by atoms with E-state index in [4.69, 9.17) is 15.2 Å². The molecule has 82 valence electrons. The van der Waals surface area contributed by atoms with Crippen LogP contribution in [0.3, 0.4) is 0 Å². The zero-order chi connectivity index (χ0) is 10.9. The molecule has 2 N–H and O–H groups in total. The van der Waals surface area contributed by atoms with Gasteiger partial charge in [0, 0.05) is 7.11 Å². The molecule has 0 aliphatic heterocycles. The fourth-order valence-electron chi connectivity index (χ4n) is 2.29. The summed E-state index contributed by atoms with van der Waals surface area (Å²) in [6.45, 7) is 0.576. The highest BCUT2D eigenvalue weighted by Gasteiger charge is 2.34. The molecule has 0 fully saturated rings. The normalized spacial score (nSPS) is 23.9. The third-order valence-electron chi connectivity index (χ3n) is 3.09. The van der Waals surface area contributed by atoms with Crippen molar-refractivity contribution in [3.8, 4) is 5.75 Å². The van der Waals surface area contributed by atoms with E-state index in [1.165, 1.54) is 11.1 Å². The van der Waals surface area contributed by atoms with Crippen molar-refractivity contribution in [1.82, 2.24) is 0 Å². The van der Waals surface area contributed by atoms with Gasteiger partial charge in [0.25, 0.3) is 0 Å². The lowest BCUT2D eigenvalue weighted by Gasteiger charge is -2.24. The molecule has 1 aromatic carbocycles. The van der Waals surface area contributed by atoms with Crippen molar-refractivity contribution in [3.63, 3.8) is 0 Å². The monoisotopic (exact) mass is 207 g/mol. The van der Waals surface area contributed by atoms with Crippen LogP contribution < -0.4 is 10.5 Å². The van der Waals surface area contributed by atoms with Gasteiger partial charge >= 0.3 is 0 Å². The summed E-state index contributed by atoms with van der Waals surface area (Å²) < 4.78 is 10.4. The Morgan fingerprint density at radius 2 is 2.20 bits per heavy atom. The minimum Gasteiger partial charge on any atom is -0.497 e. The molecule has 2 rings (SSSR count). The van der Waals surface area contributed by atoms with E-state index in [0.29, 0.717) is 6.61 Å². The number of fused-ring (bicyclic) bond motifs is 1. The second-order valence-corrected chi connectivity index (χ2v) is 4.11. The summed E-state index contributed by atoms with van der Waals surface area (Å²) in [4.78, 5) is 0. The first-order valence-electron chi connectivity index (χ1n) is 5.15. The van der Waals surface area contributed by atoms with E-state index < -0.39 is 0 Å². The van der Waals surface area contributed by atoms with E-state index in [1.54, 1.807) is 14.2 Å². The van der Waals surface area contributed by atoms with Crippen LogP contribution in [0.4, 0.5) is 0 Å². The van der Waals surface area contributed by atoms with Crippen molar-refractivity contribution in [2.45, 2.75) is 18.4 Å². The lowest BCUT2D eigenvalue weighted by Crippen LogP contribution is -2.38. The number of ether oxygens (including phenoxy) is 2. The highest BCUT2D eigenvalue weighted by Crippen LogP contribution is 2.36. The van der Waals surface area contributed by atoms with Gasteiger partial charge in [-0.3, -0.25) is 0 Å². The van der Waals surface area contributed by atoms with E-state index in [1.807, 2.05) is 6.07 Å². The van der Waals surface area contributed by atoms with Gasteiger partial charge in [0.1, 0.15) is 5.75 Å². The molecule has 3 heteroatoms. The van der Waals surface area contributed by atoms with Crippen molar-refractivity contribution in [2.75, 3.05) is 20.8 Å². The zero-order valence-corrected chi connectivity index (χ0v) is 9.25. The minimum absolute atomic E-state index is 0.309. The van der Waals surface area contributed by atoms with Gasteiger partial charge in [0.05, 0.1) is 19.3 Å². The van der Waals surface area contributed by atoms with E-state index in [0.717, 1.165) is 18.6 Å². The summed E-state index contributed by atoms with van der Waals surface area (Å²) >= 11 is 0. The summed E-state index contributed by atoms with van der Waals surface area (Å²) in [6, 6.07) is 6.08. The van der Waals surface area contributed by atoms with E-state index in [2.05, 4.69) is 12.1 Å². The molecule has 1 aliphatic carbocycles. The van der Waals surface area contributed by atoms with Crippen molar-refractivity contribution in [3.05, 3.63) is 29.3 Å². The standard InChI is InChI=1S/C12H17NO2/c1-14-8-12(13)6-5-9-7-10(15-2)3-4-11(9)12/h3-4,7H,5-6,8,13H2,1-2H3. The minimum atomic E-state index is -0.309. The molecule has 1 unspecified atom stereocenters. The number of methoxy groups -OCH3 is 2. The second kappa shape index (κ2) is 3.83. The maximum atomic E-state index is 6.31. The Morgan fingerprint density at radius 3 is 2.87 bits per heavy atom. The number of hydrogen-bond donors (Lipinski definition) is 1. The Labute approximate surface area is 90.2 Å². The van der Waals surface area contributed by atoms with Gasteiger partial charge in [0.15, 0.2) is 0 Å². The van der Waals surface area contributed by atoms with Crippen LogP contribution in [0.2, 0.25) is 0 Å². The molecular formula is C12H17NO2. The lowest BCUT2D eigenvalue weighted by molar-refractivity contribution is 0.132. The number of hydrogen-bond acceptors (Lipinski definition) is 3. The molecule has 15 heavy (non-hydrogen) atoms. The van der Waals surface area contributed by atoms with Gasteiger partial charge in [-0.1, -0.05) is 6.07 Å². The molecule has 0 bridgehead atoms. The molecule has 1 atom stereocenters. The fourth-order valence-corrected chi connectivity index (χ4v) is 2.29. The van der Waals surface area contributed by atoms with Crippen molar-refractivity contribution < 1.29 is 9.47 Å². The topological polar surface area (TPSA) is 44.5 Å². The molecule has 0 spiro atoms. The maximum Gasteiger partial charge on any atom is 0.119 e. The summed E-state index contributed by atoms with van der Waals surface area (Å²) in [5.74, 6) is 0.899. The molecule has 0 aromatic heterocycles. The molecule has 0 saturated heterocycles. The van der Waals surface area contributed by atoms with Gasteiger partial charge in [-0.2, -0.15) is 0 Å². The molecule has 3 nitrogen and oxygen atoms in total. The number of nitrogens with two attached hydrogens (primary N) is 1. The molecule has 0 radical (unpaired) electrons. The third kappa shape index (κ3) is 1.73. The van der Waals surface area contributed by atoms with Gasteiger partial charge in [0.2, 0.25) is 0 Å². The average Bonchev–Trinajstić information content (AvgIpc) is 2.57. The van der Waals surface area contributed by atoms with Crippen molar-refractivity contribution in [1.29, 1.82) is 0 Å². The molecule has 0 amide bonds. The SMILES string of the molecule is COCC1(N)CCc2cc(OC)ccc21. The van der Waals surface area contributed by atoms with Gasteiger partial charge in [-0.05, 0) is 36.1 Å².